The molecule has 1 aliphatic rings. The summed E-state index contributed by atoms with van der Waals surface area (Å²) in [5.74, 6) is 1.08. The van der Waals surface area contributed by atoms with Gasteiger partial charge in [0.05, 0.1) is 18.6 Å². The fourth-order valence-corrected chi connectivity index (χ4v) is 5.15. The van der Waals surface area contributed by atoms with Gasteiger partial charge in [-0.2, -0.15) is 4.31 Å². The zero-order chi connectivity index (χ0) is 21.7. The maximum absolute atomic E-state index is 13.5. The Labute approximate surface area is 179 Å². The molecule has 2 aromatic rings. The predicted molar refractivity (Wildman–Crippen MR) is 117 cm³/mol. The molecule has 1 fully saturated rings. The standard InChI is InChI=1S/C23H30N2O4S/c1-18-11-13-24(14-12-18)23(26)17-25(16-20-7-5-4-6-8-20)30(27,28)21-9-10-22(29-3)19(2)15-21/h4-10,15,18H,11-14,16-17H2,1-3H3. The molecule has 1 aliphatic heterocycles. The van der Waals surface area contributed by atoms with Crippen LogP contribution in [0, 0.1) is 12.8 Å². The first kappa shape index (κ1) is 22.3. The van der Waals surface area contributed by atoms with E-state index in [1.54, 1.807) is 31.1 Å². The molecule has 0 spiro atoms. The van der Waals surface area contributed by atoms with Gasteiger partial charge >= 0.3 is 0 Å². The van der Waals surface area contributed by atoms with E-state index in [0.29, 0.717) is 24.8 Å². The Morgan fingerprint density at radius 1 is 1.13 bits per heavy atom. The summed E-state index contributed by atoms with van der Waals surface area (Å²) in [7, 11) is -2.31. The number of hydrogen-bond donors (Lipinski definition) is 0. The molecule has 0 radical (unpaired) electrons. The summed E-state index contributed by atoms with van der Waals surface area (Å²) >= 11 is 0. The van der Waals surface area contributed by atoms with Crippen molar-refractivity contribution < 1.29 is 17.9 Å². The second-order valence-electron chi connectivity index (χ2n) is 7.95. The molecule has 3 rings (SSSR count). The fraction of sp³-hybridized carbons (Fsp3) is 0.435. The van der Waals surface area contributed by atoms with Gasteiger partial charge in [-0.1, -0.05) is 37.3 Å². The summed E-state index contributed by atoms with van der Waals surface area (Å²) in [6, 6.07) is 14.1. The van der Waals surface area contributed by atoms with Gasteiger partial charge in [0.15, 0.2) is 0 Å². The van der Waals surface area contributed by atoms with E-state index in [2.05, 4.69) is 6.92 Å². The normalized spacial score (nSPS) is 15.4. The van der Waals surface area contributed by atoms with Crippen molar-refractivity contribution in [2.45, 2.75) is 38.1 Å². The molecular weight excluding hydrogens is 400 g/mol. The summed E-state index contributed by atoms with van der Waals surface area (Å²) in [6.07, 6.45) is 1.91. The number of rotatable bonds is 7. The zero-order valence-electron chi connectivity index (χ0n) is 17.9. The number of piperidine rings is 1. The van der Waals surface area contributed by atoms with Crippen LogP contribution < -0.4 is 4.74 Å². The van der Waals surface area contributed by atoms with Gasteiger partial charge in [-0.3, -0.25) is 4.79 Å². The molecular formula is C23H30N2O4S. The number of nitrogens with zero attached hydrogens (tertiary/aromatic N) is 2. The van der Waals surface area contributed by atoms with Crippen LogP contribution in [-0.4, -0.2) is 50.3 Å². The van der Waals surface area contributed by atoms with Gasteiger partial charge in [0, 0.05) is 19.6 Å². The van der Waals surface area contributed by atoms with E-state index >= 15 is 0 Å². The van der Waals surface area contributed by atoms with Gasteiger partial charge < -0.3 is 9.64 Å². The number of sulfonamides is 1. The zero-order valence-corrected chi connectivity index (χ0v) is 18.7. The molecule has 0 unspecified atom stereocenters. The average Bonchev–Trinajstić information content (AvgIpc) is 2.74. The summed E-state index contributed by atoms with van der Waals surface area (Å²) < 4.78 is 33.5. The van der Waals surface area contributed by atoms with Crippen LogP contribution in [0.4, 0.5) is 0 Å². The minimum absolute atomic E-state index is 0.143. The van der Waals surface area contributed by atoms with Crippen LogP contribution in [0.1, 0.15) is 30.9 Å². The van der Waals surface area contributed by atoms with Gasteiger partial charge in [0.1, 0.15) is 5.75 Å². The van der Waals surface area contributed by atoms with Crippen molar-refractivity contribution >= 4 is 15.9 Å². The third-order valence-electron chi connectivity index (χ3n) is 5.65. The Balaban J connectivity index is 1.88. The Morgan fingerprint density at radius 3 is 2.40 bits per heavy atom. The lowest BCUT2D eigenvalue weighted by Crippen LogP contribution is -2.45. The summed E-state index contributed by atoms with van der Waals surface area (Å²) in [5, 5.41) is 0. The Kier molecular flexibility index (Phi) is 7.15. The quantitative estimate of drug-likeness (QED) is 0.675. The highest BCUT2D eigenvalue weighted by Gasteiger charge is 2.30. The lowest BCUT2D eigenvalue weighted by Gasteiger charge is -2.32. The molecule has 7 heteroatoms. The van der Waals surface area contributed by atoms with Crippen LogP contribution in [0.5, 0.6) is 5.75 Å². The Hall–Kier alpha value is -2.38. The lowest BCUT2D eigenvalue weighted by atomic mass is 9.99. The molecule has 1 saturated heterocycles. The highest BCUT2D eigenvalue weighted by Crippen LogP contribution is 2.25. The summed E-state index contributed by atoms with van der Waals surface area (Å²) in [4.78, 5) is 14.9. The molecule has 30 heavy (non-hydrogen) atoms. The molecule has 0 aromatic heterocycles. The van der Waals surface area contributed by atoms with Gasteiger partial charge in [0.25, 0.3) is 0 Å². The number of methoxy groups -OCH3 is 1. The van der Waals surface area contributed by atoms with E-state index in [0.717, 1.165) is 24.0 Å². The van der Waals surface area contributed by atoms with Crippen LogP contribution >= 0.6 is 0 Å². The van der Waals surface area contributed by atoms with E-state index in [1.165, 1.54) is 10.4 Å². The van der Waals surface area contributed by atoms with Gasteiger partial charge in [0.2, 0.25) is 15.9 Å². The van der Waals surface area contributed by atoms with Crippen molar-refractivity contribution in [3.63, 3.8) is 0 Å². The van der Waals surface area contributed by atoms with Crippen LogP contribution in [-0.2, 0) is 21.4 Å². The van der Waals surface area contributed by atoms with E-state index in [-0.39, 0.29) is 23.9 Å². The number of aryl methyl sites for hydroxylation is 1. The molecule has 0 N–H and O–H groups in total. The monoisotopic (exact) mass is 430 g/mol. The van der Waals surface area contributed by atoms with Crippen LogP contribution in [0.15, 0.2) is 53.4 Å². The first-order chi connectivity index (χ1) is 14.3. The van der Waals surface area contributed by atoms with Crippen molar-refractivity contribution in [1.29, 1.82) is 0 Å². The average molecular weight is 431 g/mol. The van der Waals surface area contributed by atoms with Crippen molar-refractivity contribution in [2.75, 3.05) is 26.7 Å². The van der Waals surface area contributed by atoms with Crippen LogP contribution in [0.3, 0.4) is 0 Å². The Morgan fingerprint density at radius 2 is 1.80 bits per heavy atom. The van der Waals surface area contributed by atoms with Gasteiger partial charge in [-0.25, -0.2) is 8.42 Å². The number of carbonyl (C=O) groups excluding carboxylic acids is 1. The minimum Gasteiger partial charge on any atom is -0.496 e. The maximum Gasteiger partial charge on any atom is 0.243 e. The Bertz CT molecular complexity index is 968. The van der Waals surface area contributed by atoms with Gasteiger partial charge in [-0.05, 0) is 55.0 Å². The second-order valence-corrected chi connectivity index (χ2v) is 9.89. The third-order valence-corrected chi connectivity index (χ3v) is 7.44. The van der Waals surface area contributed by atoms with Crippen LogP contribution in [0.2, 0.25) is 0 Å². The largest absolute Gasteiger partial charge is 0.496 e. The molecule has 162 valence electrons. The van der Waals surface area contributed by atoms with Crippen molar-refractivity contribution in [1.82, 2.24) is 9.21 Å². The number of hydrogen-bond acceptors (Lipinski definition) is 4. The number of carbonyl (C=O) groups is 1. The molecule has 1 heterocycles. The molecule has 6 nitrogen and oxygen atoms in total. The van der Waals surface area contributed by atoms with E-state index in [1.807, 2.05) is 30.3 Å². The molecule has 1 amide bonds. The predicted octanol–water partition coefficient (Wildman–Crippen LogP) is 3.45. The van der Waals surface area contributed by atoms with Gasteiger partial charge in [-0.15, -0.1) is 0 Å². The fourth-order valence-electron chi connectivity index (χ4n) is 3.68. The van der Waals surface area contributed by atoms with Crippen molar-refractivity contribution in [2.24, 2.45) is 5.92 Å². The van der Waals surface area contributed by atoms with Crippen molar-refractivity contribution in [3.05, 3.63) is 59.7 Å². The molecule has 0 atom stereocenters. The summed E-state index contributed by atoms with van der Waals surface area (Å²) in [5.41, 5.74) is 1.57. The first-order valence-corrected chi connectivity index (χ1v) is 11.7. The maximum atomic E-state index is 13.5. The van der Waals surface area contributed by atoms with E-state index < -0.39 is 10.0 Å². The highest BCUT2D eigenvalue weighted by atomic mass is 32.2. The number of ether oxygens (including phenoxy) is 1. The van der Waals surface area contributed by atoms with Crippen LogP contribution in [0.25, 0.3) is 0 Å². The number of likely N-dealkylation sites (tertiary alicyclic amines) is 1. The molecule has 0 aliphatic carbocycles. The number of amides is 1. The topological polar surface area (TPSA) is 66.9 Å². The first-order valence-electron chi connectivity index (χ1n) is 10.3. The molecule has 2 aromatic carbocycles. The lowest BCUT2D eigenvalue weighted by molar-refractivity contribution is -0.132. The molecule has 0 bridgehead atoms. The molecule has 0 saturated carbocycles. The highest BCUT2D eigenvalue weighted by molar-refractivity contribution is 7.89. The van der Waals surface area contributed by atoms with Crippen molar-refractivity contribution in [3.8, 4) is 5.75 Å². The van der Waals surface area contributed by atoms with E-state index in [4.69, 9.17) is 4.74 Å². The SMILES string of the molecule is COc1ccc(S(=O)(=O)N(CC(=O)N2CCC(C)CC2)Cc2ccccc2)cc1C. The smallest absolute Gasteiger partial charge is 0.243 e. The number of benzene rings is 2. The third kappa shape index (κ3) is 5.21. The second kappa shape index (κ2) is 9.62. The van der Waals surface area contributed by atoms with E-state index in [9.17, 15) is 13.2 Å². The summed E-state index contributed by atoms with van der Waals surface area (Å²) in [6.45, 7) is 5.32. The minimum atomic E-state index is -3.86.